The molecule has 1 saturated heterocycles. The Morgan fingerprint density at radius 2 is 2.00 bits per heavy atom. The van der Waals surface area contributed by atoms with Gasteiger partial charge in [0, 0.05) is 18.7 Å². The number of halogens is 3. The summed E-state index contributed by atoms with van der Waals surface area (Å²) in [7, 11) is 0. The number of anilines is 2. The minimum Gasteiger partial charge on any atom is -0.368 e. The number of hydrogen-bond acceptors (Lipinski definition) is 5. The van der Waals surface area contributed by atoms with Crippen LogP contribution in [-0.4, -0.2) is 40.5 Å². The van der Waals surface area contributed by atoms with E-state index in [4.69, 9.17) is 5.73 Å². The average Bonchev–Trinajstić information content (AvgIpc) is 2.88. The second-order valence-corrected chi connectivity index (χ2v) is 4.97. The van der Waals surface area contributed by atoms with E-state index in [2.05, 4.69) is 20.2 Å². The lowest BCUT2D eigenvalue weighted by molar-refractivity contribution is -0.141. The van der Waals surface area contributed by atoms with Crippen LogP contribution in [0.5, 0.6) is 0 Å². The summed E-state index contributed by atoms with van der Waals surface area (Å²) in [4.78, 5) is 9.28. The zero-order chi connectivity index (χ0) is 14.8. The van der Waals surface area contributed by atoms with E-state index in [0.29, 0.717) is 6.54 Å². The quantitative estimate of drug-likeness (QED) is 0.887. The molecule has 0 bridgehead atoms. The van der Waals surface area contributed by atoms with Crippen LogP contribution in [0.4, 0.5) is 24.9 Å². The van der Waals surface area contributed by atoms with Crippen molar-refractivity contribution in [2.24, 2.45) is 0 Å². The molecule has 1 aliphatic heterocycles. The summed E-state index contributed by atoms with van der Waals surface area (Å²) in [6.07, 6.45) is -2.18. The maximum absolute atomic E-state index is 12.6. The lowest BCUT2D eigenvalue weighted by atomic mass is 10.3. The molecule has 1 aromatic heterocycles. The van der Waals surface area contributed by atoms with Gasteiger partial charge in [-0.2, -0.15) is 18.2 Å². The molecule has 0 amide bonds. The van der Waals surface area contributed by atoms with Crippen molar-refractivity contribution >= 4 is 11.8 Å². The molecule has 1 fully saturated rings. The first-order valence-electron chi connectivity index (χ1n) is 6.56. The van der Waals surface area contributed by atoms with E-state index in [-0.39, 0.29) is 17.8 Å². The Hall–Kier alpha value is -1.57. The van der Waals surface area contributed by atoms with Crippen molar-refractivity contribution < 1.29 is 13.2 Å². The molecule has 0 spiro atoms. The van der Waals surface area contributed by atoms with Crippen LogP contribution in [0.15, 0.2) is 6.07 Å². The molecule has 8 heteroatoms. The maximum atomic E-state index is 12.6. The standard InChI is InChI=1S/C12H18F3N5/c1-8(20-4-2-3-5-20)7-17-10-6-9(12(13,14)15)18-11(16)19-10/h6,8H,2-5,7H2,1H3,(H3,16,17,18,19). The van der Waals surface area contributed by atoms with Gasteiger partial charge in [-0.3, -0.25) is 4.90 Å². The lowest BCUT2D eigenvalue weighted by Crippen LogP contribution is -2.35. The molecule has 1 aliphatic rings. The van der Waals surface area contributed by atoms with Crippen LogP contribution in [0.2, 0.25) is 0 Å². The number of aromatic nitrogens is 2. The lowest BCUT2D eigenvalue weighted by Gasteiger charge is -2.24. The summed E-state index contributed by atoms with van der Waals surface area (Å²) >= 11 is 0. The third-order valence-corrected chi connectivity index (χ3v) is 3.38. The van der Waals surface area contributed by atoms with Gasteiger partial charge in [-0.25, -0.2) is 4.98 Å². The molecule has 1 aromatic rings. The van der Waals surface area contributed by atoms with Gasteiger partial charge in [0.1, 0.15) is 5.82 Å². The number of nitrogens with two attached hydrogens (primary N) is 1. The second-order valence-electron chi connectivity index (χ2n) is 4.97. The van der Waals surface area contributed by atoms with Crippen LogP contribution in [0.1, 0.15) is 25.5 Å². The fraction of sp³-hybridized carbons (Fsp3) is 0.667. The summed E-state index contributed by atoms with van der Waals surface area (Å²) in [5, 5.41) is 2.90. The first-order chi connectivity index (χ1) is 9.36. The van der Waals surface area contributed by atoms with E-state index in [1.165, 1.54) is 12.8 Å². The Balaban J connectivity index is 2.00. The number of rotatable bonds is 4. The van der Waals surface area contributed by atoms with Gasteiger partial charge in [0.05, 0.1) is 0 Å². The van der Waals surface area contributed by atoms with Crippen molar-refractivity contribution in [2.45, 2.75) is 32.0 Å². The molecule has 3 N–H and O–H groups in total. The van der Waals surface area contributed by atoms with Gasteiger partial charge >= 0.3 is 6.18 Å². The van der Waals surface area contributed by atoms with Gasteiger partial charge < -0.3 is 11.1 Å². The van der Waals surface area contributed by atoms with Crippen LogP contribution in [-0.2, 0) is 6.18 Å². The normalized spacial score (nSPS) is 18.2. The molecular formula is C12H18F3N5. The van der Waals surface area contributed by atoms with Gasteiger partial charge in [0.15, 0.2) is 5.69 Å². The Morgan fingerprint density at radius 3 is 2.60 bits per heavy atom. The van der Waals surface area contributed by atoms with Crippen LogP contribution in [0, 0.1) is 0 Å². The topological polar surface area (TPSA) is 67.1 Å². The summed E-state index contributed by atoms with van der Waals surface area (Å²) < 4.78 is 37.8. The third-order valence-electron chi connectivity index (χ3n) is 3.38. The van der Waals surface area contributed by atoms with Crippen molar-refractivity contribution in [3.63, 3.8) is 0 Å². The molecule has 0 aromatic carbocycles. The molecule has 0 aliphatic carbocycles. The fourth-order valence-electron chi connectivity index (χ4n) is 2.27. The Labute approximate surface area is 115 Å². The van der Waals surface area contributed by atoms with Crippen molar-refractivity contribution in [3.8, 4) is 0 Å². The smallest absolute Gasteiger partial charge is 0.368 e. The predicted octanol–water partition coefficient (Wildman–Crippen LogP) is 1.97. The third kappa shape index (κ3) is 3.72. The van der Waals surface area contributed by atoms with Gasteiger partial charge in [-0.15, -0.1) is 0 Å². The van der Waals surface area contributed by atoms with E-state index in [1.54, 1.807) is 0 Å². The molecule has 20 heavy (non-hydrogen) atoms. The summed E-state index contributed by atoms with van der Waals surface area (Å²) in [6.45, 7) is 4.62. The Bertz CT molecular complexity index is 457. The summed E-state index contributed by atoms with van der Waals surface area (Å²) in [6, 6.07) is 1.12. The number of nitrogens with zero attached hydrogens (tertiary/aromatic N) is 3. The minimum absolute atomic E-state index is 0.107. The van der Waals surface area contributed by atoms with Crippen LogP contribution in [0.25, 0.3) is 0 Å². The van der Waals surface area contributed by atoms with E-state index < -0.39 is 11.9 Å². The summed E-state index contributed by atoms with van der Waals surface area (Å²) in [5.74, 6) is -0.271. The summed E-state index contributed by atoms with van der Waals surface area (Å²) in [5.41, 5.74) is 4.29. The molecule has 2 rings (SSSR count). The predicted molar refractivity (Wildman–Crippen MR) is 70.2 cm³/mol. The molecule has 5 nitrogen and oxygen atoms in total. The highest BCUT2D eigenvalue weighted by Crippen LogP contribution is 2.29. The van der Waals surface area contributed by atoms with Gasteiger partial charge in [-0.1, -0.05) is 0 Å². The highest BCUT2D eigenvalue weighted by molar-refractivity contribution is 5.41. The van der Waals surface area contributed by atoms with Crippen molar-refractivity contribution in [1.82, 2.24) is 14.9 Å². The van der Waals surface area contributed by atoms with Gasteiger partial charge in [0.2, 0.25) is 5.95 Å². The number of likely N-dealkylation sites (tertiary alicyclic amines) is 1. The molecule has 1 atom stereocenters. The highest BCUT2D eigenvalue weighted by Gasteiger charge is 2.33. The number of nitrogens with one attached hydrogen (secondary N) is 1. The van der Waals surface area contributed by atoms with Gasteiger partial charge in [-0.05, 0) is 32.9 Å². The first kappa shape index (κ1) is 14.8. The van der Waals surface area contributed by atoms with E-state index in [1.807, 2.05) is 6.92 Å². The van der Waals surface area contributed by atoms with Crippen LogP contribution >= 0.6 is 0 Å². The SMILES string of the molecule is CC(CNc1cc(C(F)(F)F)nc(N)n1)N1CCCC1. The van der Waals surface area contributed by atoms with E-state index >= 15 is 0 Å². The zero-order valence-corrected chi connectivity index (χ0v) is 11.2. The molecule has 2 heterocycles. The van der Waals surface area contributed by atoms with Crippen LogP contribution in [0.3, 0.4) is 0 Å². The van der Waals surface area contributed by atoms with E-state index in [9.17, 15) is 13.2 Å². The zero-order valence-electron chi connectivity index (χ0n) is 11.2. The molecule has 1 unspecified atom stereocenters. The monoisotopic (exact) mass is 289 g/mol. The number of alkyl halides is 3. The molecule has 0 radical (unpaired) electrons. The van der Waals surface area contributed by atoms with Crippen molar-refractivity contribution in [3.05, 3.63) is 11.8 Å². The highest BCUT2D eigenvalue weighted by atomic mass is 19.4. The molecule has 112 valence electrons. The number of hydrogen-bond donors (Lipinski definition) is 2. The van der Waals surface area contributed by atoms with Crippen molar-refractivity contribution in [2.75, 3.05) is 30.7 Å². The Morgan fingerprint density at radius 1 is 1.35 bits per heavy atom. The maximum Gasteiger partial charge on any atom is 0.433 e. The minimum atomic E-state index is -4.52. The average molecular weight is 289 g/mol. The molecule has 0 saturated carbocycles. The Kier molecular flexibility index (Phi) is 4.32. The number of nitrogen functional groups attached to an aromatic ring is 1. The van der Waals surface area contributed by atoms with Gasteiger partial charge in [0.25, 0.3) is 0 Å². The largest absolute Gasteiger partial charge is 0.433 e. The molecular weight excluding hydrogens is 271 g/mol. The van der Waals surface area contributed by atoms with E-state index in [0.717, 1.165) is 19.2 Å². The fourth-order valence-corrected chi connectivity index (χ4v) is 2.27. The second kappa shape index (κ2) is 5.82. The van der Waals surface area contributed by atoms with Crippen LogP contribution < -0.4 is 11.1 Å². The van der Waals surface area contributed by atoms with Crippen molar-refractivity contribution in [1.29, 1.82) is 0 Å². The first-order valence-corrected chi connectivity index (χ1v) is 6.56.